The van der Waals surface area contributed by atoms with Gasteiger partial charge in [0.1, 0.15) is 5.82 Å². The first-order valence-electron chi connectivity index (χ1n) is 8.52. The van der Waals surface area contributed by atoms with Gasteiger partial charge in [-0.3, -0.25) is 9.52 Å². The predicted molar refractivity (Wildman–Crippen MR) is 104 cm³/mol. The summed E-state index contributed by atoms with van der Waals surface area (Å²) < 4.78 is 41.1. The first-order valence-corrected chi connectivity index (χ1v) is 10.2. The van der Waals surface area contributed by atoms with Gasteiger partial charge in [0.05, 0.1) is 17.1 Å². The summed E-state index contributed by atoms with van der Waals surface area (Å²) in [7, 11) is -3.75. The highest BCUT2D eigenvalue weighted by molar-refractivity contribution is 7.91. The smallest absolute Gasteiger partial charge is 0.258 e. The SMILES string of the molecule is CCN1C(=O)c2cccc3c(NS(=O)(=O)Cc4cccc(F)c4)ccc1c23. The summed E-state index contributed by atoms with van der Waals surface area (Å²) in [6, 6.07) is 14.2. The number of sulfonamides is 1. The third kappa shape index (κ3) is 3.04. The zero-order valence-corrected chi connectivity index (χ0v) is 15.4. The van der Waals surface area contributed by atoms with Gasteiger partial charge in [0.25, 0.3) is 5.91 Å². The third-order valence-corrected chi connectivity index (χ3v) is 5.86. The minimum Gasteiger partial charge on any atom is -0.308 e. The highest BCUT2D eigenvalue weighted by atomic mass is 32.2. The van der Waals surface area contributed by atoms with E-state index in [0.717, 1.165) is 11.1 Å². The number of hydrogen-bond acceptors (Lipinski definition) is 3. The van der Waals surface area contributed by atoms with Crippen LogP contribution >= 0.6 is 0 Å². The molecule has 27 heavy (non-hydrogen) atoms. The maximum absolute atomic E-state index is 13.3. The van der Waals surface area contributed by atoms with Gasteiger partial charge in [-0.2, -0.15) is 0 Å². The molecular formula is C20H17FN2O3S. The Morgan fingerprint density at radius 1 is 1.07 bits per heavy atom. The van der Waals surface area contributed by atoms with Crippen molar-refractivity contribution in [1.29, 1.82) is 0 Å². The topological polar surface area (TPSA) is 66.5 Å². The van der Waals surface area contributed by atoms with Gasteiger partial charge in [0.15, 0.2) is 0 Å². The lowest BCUT2D eigenvalue weighted by Crippen LogP contribution is -2.25. The zero-order chi connectivity index (χ0) is 19.2. The Bertz CT molecular complexity index is 1180. The van der Waals surface area contributed by atoms with E-state index in [2.05, 4.69) is 4.72 Å². The van der Waals surface area contributed by atoms with Crippen LogP contribution in [0.2, 0.25) is 0 Å². The lowest BCUT2D eigenvalue weighted by molar-refractivity contribution is 0.0994. The van der Waals surface area contributed by atoms with E-state index in [4.69, 9.17) is 0 Å². The van der Waals surface area contributed by atoms with Crippen molar-refractivity contribution in [1.82, 2.24) is 0 Å². The molecule has 1 amide bonds. The molecule has 0 unspecified atom stereocenters. The first kappa shape index (κ1) is 17.5. The molecule has 0 aliphatic carbocycles. The normalized spacial score (nSPS) is 13.4. The van der Waals surface area contributed by atoms with Crippen molar-refractivity contribution < 1.29 is 17.6 Å². The molecular weight excluding hydrogens is 367 g/mol. The van der Waals surface area contributed by atoms with Crippen molar-refractivity contribution >= 4 is 38.1 Å². The molecule has 5 nitrogen and oxygen atoms in total. The van der Waals surface area contributed by atoms with Gasteiger partial charge >= 0.3 is 0 Å². The van der Waals surface area contributed by atoms with Crippen LogP contribution < -0.4 is 9.62 Å². The summed E-state index contributed by atoms with van der Waals surface area (Å²) in [5, 5.41) is 1.41. The van der Waals surface area contributed by atoms with E-state index in [1.54, 1.807) is 41.3 Å². The number of hydrogen-bond donors (Lipinski definition) is 1. The van der Waals surface area contributed by atoms with Crippen LogP contribution in [0.1, 0.15) is 22.8 Å². The maximum atomic E-state index is 13.3. The third-order valence-electron chi connectivity index (χ3n) is 4.61. The van der Waals surface area contributed by atoms with Crippen molar-refractivity contribution in [3.05, 3.63) is 71.5 Å². The molecule has 0 aromatic heterocycles. The lowest BCUT2D eigenvalue weighted by Gasteiger charge is -2.16. The van der Waals surface area contributed by atoms with Gasteiger partial charge in [0, 0.05) is 22.9 Å². The molecule has 3 aromatic rings. The molecule has 138 valence electrons. The van der Waals surface area contributed by atoms with Crippen molar-refractivity contribution in [2.75, 3.05) is 16.2 Å². The number of halogens is 1. The molecule has 0 saturated carbocycles. The predicted octanol–water partition coefficient (Wildman–Crippen LogP) is 3.90. The summed E-state index contributed by atoms with van der Waals surface area (Å²) in [6.45, 7) is 2.43. The monoisotopic (exact) mass is 384 g/mol. The van der Waals surface area contributed by atoms with Gasteiger partial charge in [-0.05, 0) is 42.8 Å². The van der Waals surface area contributed by atoms with Crippen LogP contribution in [0.3, 0.4) is 0 Å². The zero-order valence-electron chi connectivity index (χ0n) is 14.6. The number of carbonyl (C=O) groups is 1. The fourth-order valence-corrected chi connectivity index (χ4v) is 4.70. The summed E-state index contributed by atoms with van der Waals surface area (Å²) in [4.78, 5) is 14.2. The number of carbonyl (C=O) groups excluding carboxylic acids is 1. The molecule has 0 bridgehead atoms. The first-order chi connectivity index (χ1) is 12.9. The van der Waals surface area contributed by atoms with E-state index in [1.807, 2.05) is 6.92 Å². The summed E-state index contributed by atoms with van der Waals surface area (Å²) >= 11 is 0. The van der Waals surface area contributed by atoms with Crippen molar-refractivity contribution in [2.24, 2.45) is 0 Å². The van der Waals surface area contributed by atoms with Crippen LogP contribution in [-0.2, 0) is 15.8 Å². The Labute approximate surface area is 156 Å². The molecule has 1 aliphatic heterocycles. The second-order valence-corrected chi connectivity index (χ2v) is 8.12. The van der Waals surface area contributed by atoms with E-state index in [-0.39, 0.29) is 11.7 Å². The number of rotatable bonds is 5. The van der Waals surface area contributed by atoms with E-state index < -0.39 is 15.8 Å². The van der Waals surface area contributed by atoms with Gasteiger partial charge in [0.2, 0.25) is 10.0 Å². The quantitative estimate of drug-likeness (QED) is 0.725. The number of anilines is 2. The fraction of sp³-hybridized carbons (Fsp3) is 0.150. The van der Waals surface area contributed by atoms with Crippen LogP contribution in [0, 0.1) is 5.82 Å². The molecule has 0 atom stereocenters. The second kappa shape index (κ2) is 6.35. The van der Waals surface area contributed by atoms with Gasteiger partial charge in [-0.1, -0.05) is 24.3 Å². The van der Waals surface area contributed by atoms with E-state index in [0.29, 0.717) is 28.7 Å². The molecule has 0 fully saturated rings. The Hall–Kier alpha value is -2.93. The molecule has 1 N–H and O–H groups in total. The van der Waals surface area contributed by atoms with E-state index in [1.165, 1.54) is 18.2 Å². The molecule has 7 heteroatoms. The number of benzene rings is 3. The number of amides is 1. The number of nitrogens with zero attached hydrogens (tertiary/aromatic N) is 1. The Kier molecular flexibility index (Phi) is 4.11. The molecule has 4 rings (SSSR count). The van der Waals surface area contributed by atoms with Crippen LogP contribution in [0.5, 0.6) is 0 Å². The summed E-state index contributed by atoms with van der Waals surface area (Å²) in [5.74, 6) is -0.905. The van der Waals surface area contributed by atoms with Crippen molar-refractivity contribution in [3.8, 4) is 0 Å². The Morgan fingerprint density at radius 2 is 1.85 bits per heavy atom. The number of nitrogens with one attached hydrogen (secondary N) is 1. The molecule has 0 spiro atoms. The fourth-order valence-electron chi connectivity index (χ4n) is 3.50. The summed E-state index contributed by atoms with van der Waals surface area (Å²) in [6.07, 6.45) is 0. The highest BCUT2D eigenvalue weighted by Crippen LogP contribution is 2.40. The van der Waals surface area contributed by atoms with E-state index >= 15 is 0 Å². The average Bonchev–Trinajstić information content (AvgIpc) is 2.90. The molecule has 1 heterocycles. The summed E-state index contributed by atoms with van der Waals surface area (Å²) in [5.41, 5.74) is 2.11. The highest BCUT2D eigenvalue weighted by Gasteiger charge is 2.29. The largest absolute Gasteiger partial charge is 0.308 e. The van der Waals surface area contributed by atoms with E-state index in [9.17, 15) is 17.6 Å². The van der Waals surface area contributed by atoms with Crippen molar-refractivity contribution in [2.45, 2.75) is 12.7 Å². The average molecular weight is 384 g/mol. The molecule has 0 saturated heterocycles. The maximum Gasteiger partial charge on any atom is 0.258 e. The molecule has 1 aliphatic rings. The van der Waals surface area contributed by atoms with Crippen LogP contribution in [-0.4, -0.2) is 20.9 Å². The minimum atomic E-state index is -3.75. The standard InChI is InChI=1S/C20H17FN2O3S/c1-2-23-18-10-9-17(15-7-4-8-16(19(15)18)20(23)24)22-27(25,26)12-13-5-3-6-14(21)11-13/h3-11,22H,2,12H2,1H3. The van der Waals surface area contributed by atoms with Gasteiger partial charge in [-0.25, -0.2) is 12.8 Å². The van der Waals surface area contributed by atoms with Gasteiger partial charge in [-0.15, -0.1) is 0 Å². The lowest BCUT2D eigenvalue weighted by atomic mass is 10.0. The second-order valence-electron chi connectivity index (χ2n) is 6.40. The van der Waals surface area contributed by atoms with Crippen molar-refractivity contribution in [3.63, 3.8) is 0 Å². The molecule has 0 radical (unpaired) electrons. The Morgan fingerprint density at radius 3 is 2.59 bits per heavy atom. The van der Waals surface area contributed by atoms with Crippen LogP contribution in [0.4, 0.5) is 15.8 Å². The Balaban J connectivity index is 1.74. The van der Waals surface area contributed by atoms with Crippen LogP contribution in [0.15, 0.2) is 54.6 Å². The van der Waals surface area contributed by atoms with Gasteiger partial charge < -0.3 is 4.90 Å². The van der Waals surface area contributed by atoms with Crippen LogP contribution in [0.25, 0.3) is 10.8 Å². The molecule has 3 aromatic carbocycles. The minimum absolute atomic E-state index is 0.0853.